The van der Waals surface area contributed by atoms with Crippen molar-refractivity contribution < 1.29 is 24.5 Å². The lowest BCUT2D eigenvalue weighted by atomic mass is 10.0. The molecule has 6 nitrogen and oxygen atoms in total. The minimum absolute atomic E-state index is 0.00348. The smallest absolute Gasteiger partial charge is 0.305 e. The molecule has 388 valence electrons. The molecule has 1 amide bonds. The summed E-state index contributed by atoms with van der Waals surface area (Å²) in [5.41, 5.74) is 0. The molecule has 0 aliphatic heterocycles. The van der Waals surface area contributed by atoms with Gasteiger partial charge in [0.05, 0.1) is 25.4 Å². The zero-order valence-corrected chi connectivity index (χ0v) is 44.2. The van der Waals surface area contributed by atoms with Gasteiger partial charge in [-0.05, 0) is 57.8 Å². The van der Waals surface area contributed by atoms with Gasteiger partial charge in [0.25, 0.3) is 0 Å². The van der Waals surface area contributed by atoms with Crippen LogP contribution in [0.25, 0.3) is 0 Å². The van der Waals surface area contributed by atoms with Gasteiger partial charge in [0.2, 0.25) is 5.91 Å². The first kappa shape index (κ1) is 64.1. The maximum Gasteiger partial charge on any atom is 0.305 e. The van der Waals surface area contributed by atoms with Crippen LogP contribution in [0.3, 0.4) is 0 Å². The van der Waals surface area contributed by atoms with Crippen molar-refractivity contribution in [2.75, 3.05) is 13.2 Å². The van der Waals surface area contributed by atoms with E-state index in [9.17, 15) is 19.8 Å². The molecule has 6 heteroatoms. The summed E-state index contributed by atoms with van der Waals surface area (Å²) in [6, 6.07) is -0.628. The third kappa shape index (κ3) is 51.5. The van der Waals surface area contributed by atoms with E-state index in [-0.39, 0.29) is 18.5 Å². The number of rotatable bonds is 54. The lowest BCUT2D eigenvalue weighted by molar-refractivity contribution is -0.143. The van der Waals surface area contributed by atoms with Crippen LogP contribution in [-0.4, -0.2) is 47.4 Å². The van der Waals surface area contributed by atoms with Crippen molar-refractivity contribution in [3.8, 4) is 0 Å². The van der Waals surface area contributed by atoms with Gasteiger partial charge in [-0.15, -0.1) is 0 Å². The van der Waals surface area contributed by atoms with Crippen molar-refractivity contribution in [2.24, 2.45) is 0 Å². The van der Waals surface area contributed by atoms with Crippen molar-refractivity contribution in [1.29, 1.82) is 0 Å². The van der Waals surface area contributed by atoms with Crippen LogP contribution in [0.15, 0.2) is 36.5 Å². The van der Waals surface area contributed by atoms with E-state index >= 15 is 0 Å². The predicted molar refractivity (Wildman–Crippen MR) is 287 cm³/mol. The third-order valence-corrected chi connectivity index (χ3v) is 13.4. The molecule has 0 saturated carbocycles. The van der Waals surface area contributed by atoms with E-state index in [4.69, 9.17) is 4.74 Å². The van der Waals surface area contributed by atoms with E-state index < -0.39 is 12.1 Å². The number of unbranched alkanes of at least 4 members (excludes halogenated alkanes) is 39. The minimum atomic E-state index is -0.845. The van der Waals surface area contributed by atoms with Crippen LogP contribution in [0.5, 0.6) is 0 Å². The largest absolute Gasteiger partial charge is 0.466 e. The Morgan fingerprint density at radius 3 is 1.20 bits per heavy atom. The molecule has 3 N–H and O–H groups in total. The van der Waals surface area contributed by atoms with Gasteiger partial charge in [0.1, 0.15) is 0 Å². The maximum absolute atomic E-state index is 12.4. The number of carbonyl (C=O) groups is 2. The zero-order valence-electron chi connectivity index (χ0n) is 44.2. The standard InChI is InChI=1S/C60H113NO5/c1-3-5-7-9-11-13-15-17-28-32-36-40-44-48-52-58(63)57(56-62)61-59(64)53-49-45-41-37-33-29-26-24-22-20-19-21-23-25-27-31-35-39-43-47-51-55-66-60(65)54-50-46-42-38-34-30-18-16-14-12-10-8-6-4-2/h10,12,16,18,48,52,57-58,62-63H,3-9,11,13-15,17,19-47,49-51,53-56H2,1-2H3,(H,61,64)/b12-10-,18-16-,52-48+. The average Bonchev–Trinajstić information content (AvgIpc) is 3.32. The molecular formula is C60H113NO5. The molecule has 0 aromatic rings. The van der Waals surface area contributed by atoms with Crippen molar-refractivity contribution in [1.82, 2.24) is 5.32 Å². The SMILES string of the molecule is CCCC/C=C\C/C=C\CCCCCCCC(=O)OCCCCCCCCCCCCCCCCCCCCCCCC(=O)NC(CO)C(O)/C=C/CCCCCCCCCCCCCC. The summed E-state index contributed by atoms with van der Waals surface area (Å²) in [5.74, 6) is -0.0723. The molecule has 0 bridgehead atoms. The first-order valence-corrected chi connectivity index (χ1v) is 29.3. The number of carbonyl (C=O) groups excluding carboxylic acids is 2. The normalized spacial score (nSPS) is 12.8. The number of allylic oxidation sites excluding steroid dienone is 5. The number of nitrogens with one attached hydrogen (secondary N) is 1. The van der Waals surface area contributed by atoms with Gasteiger partial charge < -0.3 is 20.3 Å². The summed E-state index contributed by atoms with van der Waals surface area (Å²) >= 11 is 0. The molecule has 2 atom stereocenters. The van der Waals surface area contributed by atoms with Crippen molar-refractivity contribution in [3.63, 3.8) is 0 Å². The Morgan fingerprint density at radius 1 is 0.424 bits per heavy atom. The zero-order chi connectivity index (χ0) is 47.9. The Balaban J connectivity index is 3.41. The molecule has 0 spiro atoms. The molecule has 66 heavy (non-hydrogen) atoms. The highest BCUT2D eigenvalue weighted by Crippen LogP contribution is 2.17. The summed E-state index contributed by atoms with van der Waals surface area (Å²) < 4.78 is 5.47. The molecule has 0 aromatic heterocycles. The molecule has 2 unspecified atom stereocenters. The van der Waals surface area contributed by atoms with Crippen LogP contribution >= 0.6 is 0 Å². The van der Waals surface area contributed by atoms with Gasteiger partial charge in [-0.3, -0.25) is 9.59 Å². The average molecular weight is 929 g/mol. The van der Waals surface area contributed by atoms with Gasteiger partial charge in [0, 0.05) is 12.8 Å². The minimum Gasteiger partial charge on any atom is -0.466 e. The number of amides is 1. The van der Waals surface area contributed by atoms with Gasteiger partial charge in [-0.2, -0.15) is 0 Å². The molecule has 0 aromatic carbocycles. The molecule has 0 aliphatic rings. The molecule has 0 saturated heterocycles. The predicted octanol–water partition coefficient (Wildman–Crippen LogP) is 18.0. The molecule has 0 rings (SSSR count). The Labute approximate surface area is 411 Å². The first-order valence-electron chi connectivity index (χ1n) is 29.3. The lowest BCUT2D eigenvalue weighted by Gasteiger charge is -2.20. The summed E-state index contributed by atoms with van der Waals surface area (Å²) in [6.45, 7) is 4.86. The van der Waals surface area contributed by atoms with Crippen LogP contribution in [0.1, 0.15) is 309 Å². The molecule has 0 radical (unpaired) electrons. The van der Waals surface area contributed by atoms with Gasteiger partial charge in [0.15, 0.2) is 0 Å². The highest BCUT2D eigenvalue weighted by atomic mass is 16.5. The number of aliphatic hydroxyl groups is 2. The number of esters is 1. The second kappa shape index (κ2) is 55.7. The van der Waals surface area contributed by atoms with E-state index in [0.29, 0.717) is 19.4 Å². The summed E-state index contributed by atoms with van der Waals surface area (Å²) in [4.78, 5) is 24.5. The van der Waals surface area contributed by atoms with Crippen molar-refractivity contribution in [3.05, 3.63) is 36.5 Å². The first-order chi connectivity index (χ1) is 32.5. The number of ether oxygens (including phenoxy) is 1. The Bertz CT molecular complexity index is 1070. The fourth-order valence-corrected chi connectivity index (χ4v) is 8.89. The Hall–Kier alpha value is -1.92. The maximum atomic E-state index is 12.4. The lowest BCUT2D eigenvalue weighted by Crippen LogP contribution is -2.45. The summed E-state index contributed by atoms with van der Waals surface area (Å²) in [7, 11) is 0. The van der Waals surface area contributed by atoms with E-state index in [1.54, 1.807) is 6.08 Å². The molecular weight excluding hydrogens is 815 g/mol. The highest BCUT2D eigenvalue weighted by molar-refractivity contribution is 5.76. The van der Waals surface area contributed by atoms with Crippen LogP contribution < -0.4 is 5.32 Å². The Kier molecular flexibility index (Phi) is 54.1. The fourth-order valence-electron chi connectivity index (χ4n) is 8.89. The van der Waals surface area contributed by atoms with Crippen molar-refractivity contribution in [2.45, 2.75) is 321 Å². The summed E-state index contributed by atoms with van der Waals surface area (Å²) in [5, 5.41) is 23.1. The van der Waals surface area contributed by atoms with Crippen LogP contribution in [-0.2, 0) is 14.3 Å². The third-order valence-electron chi connectivity index (χ3n) is 13.4. The van der Waals surface area contributed by atoms with E-state index in [1.165, 1.54) is 231 Å². The molecule has 0 fully saturated rings. The molecule has 0 heterocycles. The quantitative estimate of drug-likeness (QED) is 0.0321. The number of hydrogen-bond donors (Lipinski definition) is 3. The highest BCUT2D eigenvalue weighted by Gasteiger charge is 2.18. The van der Waals surface area contributed by atoms with Crippen LogP contribution in [0.2, 0.25) is 0 Å². The molecule has 0 aliphatic carbocycles. The van der Waals surface area contributed by atoms with Gasteiger partial charge in [-0.1, -0.05) is 275 Å². The monoisotopic (exact) mass is 928 g/mol. The van der Waals surface area contributed by atoms with Crippen LogP contribution in [0.4, 0.5) is 0 Å². The topological polar surface area (TPSA) is 95.9 Å². The van der Waals surface area contributed by atoms with Gasteiger partial charge in [-0.25, -0.2) is 0 Å². The summed E-state index contributed by atoms with van der Waals surface area (Å²) in [6.07, 6.45) is 68.8. The van der Waals surface area contributed by atoms with E-state index in [0.717, 1.165) is 51.4 Å². The van der Waals surface area contributed by atoms with E-state index in [1.807, 2.05) is 6.08 Å². The van der Waals surface area contributed by atoms with Gasteiger partial charge >= 0.3 is 5.97 Å². The fraction of sp³-hybridized carbons (Fsp3) is 0.867. The second-order valence-electron chi connectivity index (χ2n) is 20.0. The van der Waals surface area contributed by atoms with Crippen molar-refractivity contribution >= 4 is 11.9 Å². The van der Waals surface area contributed by atoms with E-state index in [2.05, 4.69) is 43.5 Å². The number of hydrogen-bond acceptors (Lipinski definition) is 5. The second-order valence-corrected chi connectivity index (χ2v) is 20.0. The van der Waals surface area contributed by atoms with Crippen LogP contribution in [0, 0.1) is 0 Å². The Morgan fingerprint density at radius 2 is 0.773 bits per heavy atom. The number of aliphatic hydroxyl groups excluding tert-OH is 2.